The summed E-state index contributed by atoms with van der Waals surface area (Å²) in [6.07, 6.45) is 2.08. The molecule has 102 valence electrons. The SMILES string of the molecule is Cn1ncc2c1NC(=O)C[C@@H]2c1ccc(C(=O)O)cc1. The van der Waals surface area contributed by atoms with Crippen LogP contribution in [0.3, 0.4) is 0 Å². The van der Waals surface area contributed by atoms with Crippen molar-refractivity contribution in [1.29, 1.82) is 0 Å². The second-order valence-electron chi connectivity index (χ2n) is 4.80. The first kappa shape index (κ1) is 12.4. The monoisotopic (exact) mass is 271 g/mol. The largest absolute Gasteiger partial charge is 0.478 e. The van der Waals surface area contributed by atoms with Gasteiger partial charge in [-0.1, -0.05) is 12.1 Å². The molecule has 1 aromatic carbocycles. The summed E-state index contributed by atoms with van der Waals surface area (Å²) in [4.78, 5) is 22.7. The third kappa shape index (κ3) is 1.95. The van der Waals surface area contributed by atoms with Crippen molar-refractivity contribution in [2.45, 2.75) is 12.3 Å². The highest BCUT2D eigenvalue weighted by atomic mass is 16.4. The zero-order valence-corrected chi connectivity index (χ0v) is 10.8. The zero-order valence-electron chi connectivity index (χ0n) is 10.8. The number of nitrogens with one attached hydrogen (secondary N) is 1. The van der Waals surface area contributed by atoms with Crippen LogP contribution in [-0.4, -0.2) is 26.8 Å². The fourth-order valence-electron chi connectivity index (χ4n) is 2.50. The number of anilines is 1. The molecule has 0 saturated carbocycles. The Kier molecular flexibility index (Phi) is 2.78. The maximum absolute atomic E-state index is 11.8. The molecule has 0 radical (unpaired) electrons. The number of aromatic nitrogens is 2. The number of carboxylic acid groups (broad SMARTS) is 1. The third-order valence-corrected chi connectivity index (χ3v) is 3.55. The Labute approximate surface area is 115 Å². The lowest BCUT2D eigenvalue weighted by molar-refractivity contribution is -0.116. The molecule has 6 nitrogen and oxygen atoms in total. The molecule has 0 spiro atoms. The zero-order chi connectivity index (χ0) is 14.3. The summed E-state index contributed by atoms with van der Waals surface area (Å²) >= 11 is 0. The van der Waals surface area contributed by atoms with Gasteiger partial charge < -0.3 is 10.4 Å². The minimum absolute atomic E-state index is 0.0617. The molecule has 1 amide bonds. The van der Waals surface area contributed by atoms with E-state index in [1.807, 2.05) is 0 Å². The van der Waals surface area contributed by atoms with E-state index in [-0.39, 0.29) is 17.4 Å². The molecule has 6 heteroatoms. The predicted octanol–water partition coefficient (Wildman–Crippen LogP) is 1.59. The third-order valence-electron chi connectivity index (χ3n) is 3.55. The number of carbonyl (C=O) groups is 2. The number of amides is 1. The first-order valence-corrected chi connectivity index (χ1v) is 6.21. The van der Waals surface area contributed by atoms with E-state index in [1.165, 1.54) is 0 Å². The van der Waals surface area contributed by atoms with Gasteiger partial charge in [0.25, 0.3) is 0 Å². The van der Waals surface area contributed by atoms with Gasteiger partial charge in [0.2, 0.25) is 5.91 Å². The van der Waals surface area contributed by atoms with Crippen LogP contribution in [0.2, 0.25) is 0 Å². The quantitative estimate of drug-likeness (QED) is 0.868. The van der Waals surface area contributed by atoms with Gasteiger partial charge in [-0.05, 0) is 17.7 Å². The van der Waals surface area contributed by atoms with E-state index in [0.29, 0.717) is 12.2 Å². The molecule has 2 heterocycles. The Hall–Kier alpha value is -2.63. The summed E-state index contributed by atoms with van der Waals surface area (Å²) in [6, 6.07) is 6.62. The van der Waals surface area contributed by atoms with Crippen LogP contribution in [0.25, 0.3) is 0 Å². The van der Waals surface area contributed by atoms with Gasteiger partial charge in [-0.2, -0.15) is 5.10 Å². The highest BCUT2D eigenvalue weighted by molar-refractivity contribution is 5.94. The smallest absolute Gasteiger partial charge is 0.335 e. The average Bonchev–Trinajstić information content (AvgIpc) is 2.80. The Morgan fingerprint density at radius 2 is 2.10 bits per heavy atom. The van der Waals surface area contributed by atoms with E-state index in [0.717, 1.165) is 11.1 Å². The van der Waals surface area contributed by atoms with E-state index in [4.69, 9.17) is 5.11 Å². The average molecular weight is 271 g/mol. The molecule has 2 N–H and O–H groups in total. The van der Waals surface area contributed by atoms with Crippen molar-refractivity contribution in [3.8, 4) is 0 Å². The van der Waals surface area contributed by atoms with E-state index >= 15 is 0 Å². The lowest BCUT2D eigenvalue weighted by Gasteiger charge is -2.23. The summed E-state index contributed by atoms with van der Waals surface area (Å²) in [5.74, 6) is -0.405. The molecule has 0 bridgehead atoms. The normalized spacial score (nSPS) is 17.4. The Balaban J connectivity index is 2.01. The molecule has 1 aliphatic heterocycles. The van der Waals surface area contributed by atoms with Gasteiger partial charge in [-0.15, -0.1) is 0 Å². The molecule has 20 heavy (non-hydrogen) atoms. The summed E-state index contributed by atoms with van der Waals surface area (Å²) in [7, 11) is 1.77. The number of nitrogens with zero attached hydrogens (tertiary/aromatic N) is 2. The van der Waals surface area contributed by atoms with Crippen molar-refractivity contribution >= 4 is 17.7 Å². The minimum atomic E-state index is -0.958. The van der Waals surface area contributed by atoms with Crippen LogP contribution in [0.15, 0.2) is 30.5 Å². The maximum atomic E-state index is 11.8. The number of hydrogen-bond donors (Lipinski definition) is 2. The predicted molar refractivity (Wildman–Crippen MR) is 71.7 cm³/mol. The maximum Gasteiger partial charge on any atom is 0.335 e. The molecule has 3 rings (SSSR count). The van der Waals surface area contributed by atoms with Gasteiger partial charge in [0.05, 0.1) is 11.8 Å². The highest BCUT2D eigenvalue weighted by Crippen LogP contribution is 2.36. The van der Waals surface area contributed by atoms with Gasteiger partial charge in [0.1, 0.15) is 5.82 Å². The Bertz CT molecular complexity index is 688. The number of carboxylic acids is 1. The topological polar surface area (TPSA) is 84.2 Å². The van der Waals surface area contributed by atoms with E-state index in [9.17, 15) is 9.59 Å². The van der Waals surface area contributed by atoms with Crippen molar-refractivity contribution in [1.82, 2.24) is 9.78 Å². The lowest BCUT2D eigenvalue weighted by atomic mass is 9.87. The fraction of sp³-hybridized carbons (Fsp3) is 0.214. The summed E-state index contributed by atoms with van der Waals surface area (Å²) in [6.45, 7) is 0. The van der Waals surface area contributed by atoms with Crippen molar-refractivity contribution in [3.05, 3.63) is 47.2 Å². The number of aromatic carboxylic acids is 1. The van der Waals surface area contributed by atoms with Gasteiger partial charge in [-0.25, -0.2) is 4.79 Å². The van der Waals surface area contributed by atoms with E-state index in [1.54, 1.807) is 42.2 Å². The standard InChI is InChI=1S/C14H13N3O3/c1-17-13-11(7-15-17)10(6-12(18)16-13)8-2-4-9(5-3-8)14(19)20/h2-5,7,10H,6H2,1H3,(H,16,18)(H,19,20)/t10-/m1/s1. The number of fused-ring (bicyclic) bond motifs is 1. The summed E-state index contributed by atoms with van der Waals surface area (Å²) in [5, 5.41) is 15.9. The summed E-state index contributed by atoms with van der Waals surface area (Å²) in [5.41, 5.74) is 2.11. The van der Waals surface area contributed by atoms with Crippen LogP contribution in [0, 0.1) is 0 Å². The first-order chi connectivity index (χ1) is 9.56. The number of aryl methyl sites for hydroxylation is 1. The van der Waals surface area contributed by atoms with Crippen molar-refractivity contribution in [3.63, 3.8) is 0 Å². The number of benzene rings is 1. The highest BCUT2D eigenvalue weighted by Gasteiger charge is 2.29. The van der Waals surface area contributed by atoms with Gasteiger partial charge in [0.15, 0.2) is 0 Å². The lowest BCUT2D eigenvalue weighted by Crippen LogP contribution is -2.24. The second-order valence-corrected chi connectivity index (χ2v) is 4.80. The van der Waals surface area contributed by atoms with E-state index in [2.05, 4.69) is 10.4 Å². The van der Waals surface area contributed by atoms with Crippen LogP contribution >= 0.6 is 0 Å². The molecular formula is C14H13N3O3. The molecule has 0 aliphatic carbocycles. The van der Waals surface area contributed by atoms with Crippen molar-refractivity contribution < 1.29 is 14.7 Å². The number of carbonyl (C=O) groups excluding carboxylic acids is 1. The van der Waals surface area contributed by atoms with Crippen molar-refractivity contribution in [2.24, 2.45) is 7.05 Å². The second kappa shape index (κ2) is 4.48. The first-order valence-electron chi connectivity index (χ1n) is 6.21. The molecule has 0 unspecified atom stereocenters. The van der Waals surface area contributed by atoms with Gasteiger partial charge in [-0.3, -0.25) is 9.48 Å². The summed E-state index contributed by atoms with van der Waals surface area (Å²) < 4.78 is 1.63. The molecule has 1 aromatic heterocycles. The number of rotatable bonds is 2. The Morgan fingerprint density at radius 1 is 1.40 bits per heavy atom. The van der Waals surface area contributed by atoms with Crippen LogP contribution < -0.4 is 5.32 Å². The minimum Gasteiger partial charge on any atom is -0.478 e. The van der Waals surface area contributed by atoms with Crippen LogP contribution in [0.4, 0.5) is 5.82 Å². The van der Waals surface area contributed by atoms with Crippen LogP contribution in [-0.2, 0) is 11.8 Å². The van der Waals surface area contributed by atoms with Gasteiger partial charge >= 0.3 is 5.97 Å². The van der Waals surface area contributed by atoms with Crippen molar-refractivity contribution in [2.75, 3.05) is 5.32 Å². The molecule has 0 fully saturated rings. The van der Waals surface area contributed by atoms with E-state index < -0.39 is 5.97 Å². The van der Waals surface area contributed by atoms with Crippen LogP contribution in [0.1, 0.15) is 33.8 Å². The number of hydrogen-bond acceptors (Lipinski definition) is 3. The Morgan fingerprint density at radius 3 is 2.75 bits per heavy atom. The molecular weight excluding hydrogens is 258 g/mol. The molecule has 0 saturated heterocycles. The van der Waals surface area contributed by atoms with Gasteiger partial charge in [0, 0.05) is 24.9 Å². The fourth-order valence-corrected chi connectivity index (χ4v) is 2.50. The van der Waals surface area contributed by atoms with Crippen LogP contribution in [0.5, 0.6) is 0 Å². The molecule has 1 atom stereocenters. The molecule has 1 aliphatic rings. The molecule has 2 aromatic rings.